The molecule has 0 spiro atoms. The van der Waals surface area contributed by atoms with Crippen molar-refractivity contribution in [1.29, 1.82) is 0 Å². The molecule has 1 aliphatic rings. The fourth-order valence-corrected chi connectivity index (χ4v) is 3.34. The number of carbonyl (C=O) groups is 2. The number of carbonyl (C=O) groups excluding carboxylic acids is 2. The van der Waals surface area contributed by atoms with Gasteiger partial charge >= 0.3 is 0 Å². The lowest BCUT2D eigenvalue weighted by molar-refractivity contribution is -0.130. The summed E-state index contributed by atoms with van der Waals surface area (Å²) >= 11 is 3.40. The second-order valence-corrected chi connectivity index (χ2v) is 7.01. The Balaban J connectivity index is 1.48. The molecule has 0 radical (unpaired) electrons. The molecule has 0 saturated carbocycles. The van der Waals surface area contributed by atoms with E-state index in [0.717, 1.165) is 42.1 Å². The molecular formula is C18H21BrN2O3. The molecule has 6 heteroatoms. The number of furan rings is 1. The molecule has 1 fully saturated rings. The number of rotatable bonds is 5. The monoisotopic (exact) mass is 392 g/mol. The molecule has 1 aromatic carbocycles. The van der Waals surface area contributed by atoms with Crippen LogP contribution in [0.25, 0.3) is 11.0 Å². The van der Waals surface area contributed by atoms with E-state index in [1.807, 2.05) is 23.1 Å². The topological polar surface area (TPSA) is 62.6 Å². The number of halogens is 1. The van der Waals surface area contributed by atoms with Gasteiger partial charge in [-0.2, -0.15) is 0 Å². The van der Waals surface area contributed by atoms with Gasteiger partial charge in [0, 0.05) is 35.9 Å². The van der Waals surface area contributed by atoms with Crippen LogP contribution in [0.3, 0.4) is 0 Å². The van der Waals surface area contributed by atoms with E-state index in [0.29, 0.717) is 30.9 Å². The van der Waals surface area contributed by atoms with Crippen LogP contribution >= 0.6 is 15.9 Å². The summed E-state index contributed by atoms with van der Waals surface area (Å²) in [5.41, 5.74) is 0.693. The van der Waals surface area contributed by atoms with Crippen LogP contribution in [-0.4, -0.2) is 36.3 Å². The summed E-state index contributed by atoms with van der Waals surface area (Å²) in [6.45, 7) is 2.07. The predicted molar refractivity (Wildman–Crippen MR) is 95.9 cm³/mol. The van der Waals surface area contributed by atoms with Crippen LogP contribution in [0.4, 0.5) is 0 Å². The summed E-state index contributed by atoms with van der Waals surface area (Å²) in [5, 5.41) is 3.76. The molecule has 1 saturated heterocycles. The van der Waals surface area contributed by atoms with Crippen molar-refractivity contribution in [3.05, 3.63) is 34.5 Å². The molecule has 2 heterocycles. The van der Waals surface area contributed by atoms with Crippen molar-refractivity contribution in [1.82, 2.24) is 10.2 Å². The summed E-state index contributed by atoms with van der Waals surface area (Å²) in [7, 11) is 0. The van der Waals surface area contributed by atoms with Crippen molar-refractivity contribution in [2.45, 2.75) is 32.1 Å². The number of nitrogens with one attached hydrogen (secondary N) is 1. The first-order valence-corrected chi connectivity index (χ1v) is 9.18. The molecule has 5 nitrogen and oxygen atoms in total. The second-order valence-electron chi connectivity index (χ2n) is 6.09. The summed E-state index contributed by atoms with van der Waals surface area (Å²) in [6, 6.07) is 7.38. The molecule has 24 heavy (non-hydrogen) atoms. The molecule has 2 aromatic rings. The van der Waals surface area contributed by atoms with Crippen molar-refractivity contribution in [2.24, 2.45) is 0 Å². The number of nitrogens with zero attached hydrogens (tertiary/aromatic N) is 1. The molecule has 0 atom stereocenters. The Kier molecular flexibility index (Phi) is 5.56. The van der Waals surface area contributed by atoms with Gasteiger partial charge in [0.15, 0.2) is 5.76 Å². The quantitative estimate of drug-likeness (QED) is 0.788. The number of hydrogen-bond donors (Lipinski definition) is 1. The lowest BCUT2D eigenvalue weighted by Crippen LogP contribution is -2.33. The van der Waals surface area contributed by atoms with Crippen LogP contribution in [0.1, 0.15) is 42.7 Å². The highest BCUT2D eigenvalue weighted by Crippen LogP contribution is 2.23. The normalized spacial score (nSPS) is 15.5. The third kappa shape index (κ3) is 4.17. The van der Waals surface area contributed by atoms with Crippen LogP contribution in [0.2, 0.25) is 0 Å². The largest absolute Gasteiger partial charge is 0.451 e. The van der Waals surface area contributed by atoms with Gasteiger partial charge in [-0.25, -0.2) is 0 Å². The molecule has 1 aliphatic heterocycles. The average molecular weight is 393 g/mol. The van der Waals surface area contributed by atoms with Crippen molar-refractivity contribution in [2.75, 3.05) is 19.6 Å². The number of fused-ring (bicyclic) bond motifs is 1. The van der Waals surface area contributed by atoms with Crippen LogP contribution in [0.5, 0.6) is 0 Å². The molecule has 0 unspecified atom stereocenters. The summed E-state index contributed by atoms with van der Waals surface area (Å²) < 4.78 is 6.52. The van der Waals surface area contributed by atoms with Crippen LogP contribution in [0.15, 0.2) is 33.2 Å². The Labute approximate surface area is 149 Å². The Morgan fingerprint density at radius 3 is 3.00 bits per heavy atom. The van der Waals surface area contributed by atoms with Gasteiger partial charge < -0.3 is 14.6 Å². The van der Waals surface area contributed by atoms with Crippen molar-refractivity contribution in [3.63, 3.8) is 0 Å². The minimum absolute atomic E-state index is 0.218. The van der Waals surface area contributed by atoms with Gasteiger partial charge in [0.1, 0.15) is 5.58 Å². The highest BCUT2D eigenvalue weighted by molar-refractivity contribution is 9.10. The van der Waals surface area contributed by atoms with Gasteiger partial charge in [-0.1, -0.05) is 22.4 Å². The van der Waals surface area contributed by atoms with Gasteiger partial charge in [-0.3, -0.25) is 9.59 Å². The second kappa shape index (κ2) is 7.83. The molecule has 128 valence electrons. The lowest BCUT2D eigenvalue weighted by atomic mass is 10.2. The number of likely N-dealkylation sites (tertiary alicyclic amines) is 1. The zero-order valence-corrected chi connectivity index (χ0v) is 15.1. The Hall–Kier alpha value is -1.82. The smallest absolute Gasteiger partial charge is 0.287 e. The van der Waals surface area contributed by atoms with Crippen molar-refractivity contribution >= 4 is 38.7 Å². The maximum absolute atomic E-state index is 12.2. The summed E-state index contributed by atoms with van der Waals surface area (Å²) in [5.74, 6) is 0.333. The van der Waals surface area contributed by atoms with E-state index in [-0.39, 0.29) is 11.8 Å². The van der Waals surface area contributed by atoms with E-state index < -0.39 is 0 Å². The van der Waals surface area contributed by atoms with Gasteiger partial charge in [0.2, 0.25) is 5.91 Å². The molecule has 0 bridgehead atoms. The fraction of sp³-hybridized carbons (Fsp3) is 0.444. The summed E-state index contributed by atoms with van der Waals surface area (Å²) in [4.78, 5) is 26.0. The van der Waals surface area contributed by atoms with Crippen LogP contribution in [0, 0.1) is 0 Å². The highest BCUT2D eigenvalue weighted by atomic mass is 79.9. The maximum Gasteiger partial charge on any atom is 0.287 e. The van der Waals surface area contributed by atoms with E-state index in [2.05, 4.69) is 21.2 Å². The molecule has 1 aromatic heterocycles. The first-order valence-electron chi connectivity index (χ1n) is 8.38. The maximum atomic E-state index is 12.2. The van der Waals surface area contributed by atoms with Crippen LogP contribution < -0.4 is 5.32 Å². The van der Waals surface area contributed by atoms with Crippen molar-refractivity contribution in [3.8, 4) is 0 Å². The van der Waals surface area contributed by atoms with Crippen molar-refractivity contribution < 1.29 is 14.0 Å². The minimum Gasteiger partial charge on any atom is -0.451 e. The zero-order valence-electron chi connectivity index (χ0n) is 13.5. The van der Waals surface area contributed by atoms with E-state index in [9.17, 15) is 9.59 Å². The lowest BCUT2D eigenvalue weighted by Gasteiger charge is -2.20. The Bertz CT molecular complexity index is 741. The molecule has 3 rings (SSSR count). The minimum atomic E-state index is -0.218. The number of hydrogen-bond acceptors (Lipinski definition) is 3. The van der Waals surface area contributed by atoms with Gasteiger partial charge in [0.25, 0.3) is 5.91 Å². The fourth-order valence-electron chi connectivity index (χ4n) is 2.96. The van der Waals surface area contributed by atoms with Gasteiger partial charge in [0.05, 0.1) is 0 Å². The molecule has 0 aliphatic carbocycles. The van der Waals surface area contributed by atoms with Crippen LogP contribution in [-0.2, 0) is 4.79 Å². The Morgan fingerprint density at radius 1 is 1.25 bits per heavy atom. The standard InChI is InChI=1S/C18H21BrN2O3/c19-14-6-7-15-13(11-14)12-16(24-15)18(23)20-8-4-10-21-9-3-1-2-5-17(21)22/h6-7,11-12H,1-5,8-10H2,(H,20,23). The van der Waals surface area contributed by atoms with E-state index in [1.165, 1.54) is 0 Å². The third-order valence-corrected chi connectivity index (χ3v) is 4.76. The first-order chi connectivity index (χ1) is 11.6. The SMILES string of the molecule is O=C(NCCCN1CCCCCC1=O)c1cc2cc(Br)ccc2o1. The third-order valence-electron chi connectivity index (χ3n) is 4.26. The van der Waals surface area contributed by atoms with E-state index in [4.69, 9.17) is 4.42 Å². The summed E-state index contributed by atoms with van der Waals surface area (Å²) in [6.07, 6.45) is 4.60. The molecular weight excluding hydrogens is 372 g/mol. The van der Waals surface area contributed by atoms with E-state index >= 15 is 0 Å². The Morgan fingerprint density at radius 2 is 2.12 bits per heavy atom. The highest BCUT2D eigenvalue weighted by Gasteiger charge is 2.16. The average Bonchev–Trinajstić information content (AvgIpc) is 2.88. The number of benzene rings is 1. The number of amides is 2. The molecule has 2 amide bonds. The van der Waals surface area contributed by atoms with Gasteiger partial charge in [-0.05, 0) is 43.5 Å². The van der Waals surface area contributed by atoms with E-state index in [1.54, 1.807) is 6.07 Å². The zero-order chi connectivity index (χ0) is 16.9. The predicted octanol–water partition coefficient (Wildman–Crippen LogP) is 3.72. The van der Waals surface area contributed by atoms with Gasteiger partial charge in [-0.15, -0.1) is 0 Å². The first kappa shape index (κ1) is 17.0. The molecule has 1 N–H and O–H groups in total.